The van der Waals surface area contributed by atoms with E-state index in [1.54, 1.807) is 24.3 Å². The number of rotatable bonds is 6. The molecule has 0 bridgehead atoms. The Bertz CT molecular complexity index is 718. The highest BCUT2D eigenvalue weighted by Crippen LogP contribution is 2.25. The summed E-state index contributed by atoms with van der Waals surface area (Å²) >= 11 is 4.93. The second-order valence-electron chi connectivity index (χ2n) is 5.12. The van der Waals surface area contributed by atoms with Gasteiger partial charge in [0.05, 0.1) is 17.9 Å². The number of hydrogen-bond acceptors (Lipinski definition) is 4. The molecular formula is C18H18BrNO3S. The number of halogens is 1. The van der Waals surface area contributed by atoms with Crippen molar-refractivity contribution < 1.29 is 14.3 Å². The minimum Gasteiger partial charge on any atom is -0.465 e. The van der Waals surface area contributed by atoms with Crippen molar-refractivity contribution >= 4 is 39.6 Å². The molecule has 0 heterocycles. The molecule has 0 spiro atoms. The lowest BCUT2D eigenvalue weighted by Gasteiger charge is -2.12. The van der Waals surface area contributed by atoms with Gasteiger partial charge in [0.1, 0.15) is 0 Å². The molecule has 4 nitrogen and oxygen atoms in total. The Balaban J connectivity index is 1.87. The lowest BCUT2D eigenvalue weighted by atomic mass is 10.1. The summed E-state index contributed by atoms with van der Waals surface area (Å²) in [6.07, 6.45) is 0. The summed E-state index contributed by atoms with van der Waals surface area (Å²) in [6.45, 7) is 2.30. The van der Waals surface area contributed by atoms with Gasteiger partial charge in [-0.15, -0.1) is 11.8 Å². The first kappa shape index (κ1) is 18.5. The van der Waals surface area contributed by atoms with Gasteiger partial charge in [0.25, 0.3) is 0 Å². The second-order valence-corrected chi connectivity index (χ2v) is 7.45. The second kappa shape index (κ2) is 8.89. The number of ether oxygens (including phenoxy) is 1. The van der Waals surface area contributed by atoms with Crippen LogP contribution in [0.2, 0.25) is 0 Å². The number of methoxy groups -OCH3 is 1. The van der Waals surface area contributed by atoms with Crippen LogP contribution in [0.1, 0.15) is 22.8 Å². The molecule has 1 atom stereocenters. The van der Waals surface area contributed by atoms with E-state index in [1.807, 2.05) is 31.2 Å². The number of benzene rings is 2. The average Bonchev–Trinajstić information content (AvgIpc) is 2.59. The summed E-state index contributed by atoms with van der Waals surface area (Å²) in [5.74, 6) is -0.401. The van der Waals surface area contributed by atoms with Crippen LogP contribution in [-0.2, 0) is 16.1 Å². The minimum absolute atomic E-state index is 0.0305. The SMILES string of the molecule is COC(=O)c1ccc(CNC(=O)C(C)Sc2cccc(Br)c2)cc1. The molecule has 0 fully saturated rings. The van der Waals surface area contributed by atoms with E-state index in [-0.39, 0.29) is 17.1 Å². The van der Waals surface area contributed by atoms with Gasteiger partial charge < -0.3 is 10.1 Å². The molecule has 2 aromatic carbocycles. The molecule has 0 aromatic heterocycles. The first-order valence-electron chi connectivity index (χ1n) is 7.37. The largest absolute Gasteiger partial charge is 0.465 e. The number of thioether (sulfide) groups is 1. The van der Waals surface area contributed by atoms with Crippen LogP contribution in [0.4, 0.5) is 0 Å². The van der Waals surface area contributed by atoms with Crippen molar-refractivity contribution in [3.05, 3.63) is 64.1 Å². The fourth-order valence-electron chi connectivity index (χ4n) is 2.01. The highest BCUT2D eigenvalue weighted by Gasteiger charge is 2.14. The quantitative estimate of drug-likeness (QED) is 0.579. The zero-order valence-corrected chi connectivity index (χ0v) is 15.8. The Morgan fingerprint density at radius 3 is 2.54 bits per heavy atom. The van der Waals surface area contributed by atoms with Crippen molar-refractivity contribution in [1.82, 2.24) is 5.32 Å². The highest BCUT2D eigenvalue weighted by molar-refractivity contribution is 9.10. The van der Waals surface area contributed by atoms with E-state index >= 15 is 0 Å². The topological polar surface area (TPSA) is 55.4 Å². The normalized spacial score (nSPS) is 11.6. The number of amides is 1. The third-order valence-corrected chi connectivity index (χ3v) is 4.91. The summed E-state index contributed by atoms with van der Waals surface area (Å²) < 4.78 is 5.65. The predicted octanol–water partition coefficient (Wildman–Crippen LogP) is 4.03. The van der Waals surface area contributed by atoms with Crippen LogP contribution in [0.5, 0.6) is 0 Å². The maximum Gasteiger partial charge on any atom is 0.337 e. The molecule has 0 saturated heterocycles. The molecule has 0 aliphatic carbocycles. The van der Waals surface area contributed by atoms with Crippen LogP contribution in [0.15, 0.2) is 57.9 Å². The van der Waals surface area contributed by atoms with E-state index < -0.39 is 0 Å². The summed E-state index contributed by atoms with van der Waals surface area (Å²) in [5, 5.41) is 2.71. The summed E-state index contributed by atoms with van der Waals surface area (Å²) in [4.78, 5) is 24.6. The van der Waals surface area contributed by atoms with Crippen LogP contribution in [0.3, 0.4) is 0 Å². The number of carbonyl (C=O) groups excluding carboxylic acids is 2. The van der Waals surface area contributed by atoms with Gasteiger partial charge in [-0.05, 0) is 42.8 Å². The van der Waals surface area contributed by atoms with Crippen LogP contribution < -0.4 is 5.32 Å². The van der Waals surface area contributed by atoms with Crippen molar-refractivity contribution in [2.45, 2.75) is 23.6 Å². The van der Waals surface area contributed by atoms with Crippen LogP contribution in [-0.4, -0.2) is 24.2 Å². The Labute approximate surface area is 154 Å². The van der Waals surface area contributed by atoms with E-state index in [4.69, 9.17) is 0 Å². The molecule has 126 valence electrons. The predicted molar refractivity (Wildman–Crippen MR) is 99.1 cm³/mol. The maximum atomic E-state index is 12.2. The molecule has 0 aliphatic rings. The van der Waals surface area contributed by atoms with Crippen molar-refractivity contribution in [2.75, 3.05) is 7.11 Å². The average molecular weight is 408 g/mol. The van der Waals surface area contributed by atoms with E-state index in [0.29, 0.717) is 12.1 Å². The first-order valence-corrected chi connectivity index (χ1v) is 9.04. The zero-order chi connectivity index (χ0) is 17.5. The maximum absolute atomic E-state index is 12.2. The van der Waals surface area contributed by atoms with Gasteiger partial charge in [-0.1, -0.05) is 34.1 Å². The molecule has 2 aromatic rings. The molecule has 1 amide bonds. The summed E-state index contributed by atoms with van der Waals surface area (Å²) in [5.41, 5.74) is 1.42. The number of esters is 1. The fourth-order valence-corrected chi connectivity index (χ4v) is 3.51. The van der Waals surface area contributed by atoms with E-state index in [9.17, 15) is 9.59 Å². The van der Waals surface area contributed by atoms with Crippen molar-refractivity contribution in [2.24, 2.45) is 0 Å². The first-order chi connectivity index (χ1) is 11.5. The molecule has 1 unspecified atom stereocenters. The summed E-state index contributed by atoms with van der Waals surface area (Å²) in [6, 6.07) is 14.8. The number of hydrogen-bond donors (Lipinski definition) is 1. The van der Waals surface area contributed by atoms with E-state index in [0.717, 1.165) is 14.9 Å². The van der Waals surface area contributed by atoms with Gasteiger partial charge in [-0.25, -0.2) is 4.79 Å². The third-order valence-electron chi connectivity index (χ3n) is 3.32. The summed E-state index contributed by atoms with van der Waals surface area (Å²) in [7, 11) is 1.35. The Hall–Kier alpha value is -1.79. The van der Waals surface area contributed by atoms with Crippen molar-refractivity contribution in [3.63, 3.8) is 0 Å². The van der Waals surface area contributed by atoms with Gasteiger partial charge in [0.15, 0.2) is 0 Å². The Kier molecular flexibility index (Phi) is 6.87. The smallest absolute Gasteiger partial charge is 0.337 e. The molecule has 0 radical (unpaired) electrons. The van der Waals surface area contributed by atoms with Gasteiger partial charge in [-0.2, -0.15) is 0 Å². The molecule has 0 aliphatic heterocycles. The molecule has 0 saturated carbocycles. The van der Waals surface area contributed by atoms with E-state index in [1.165, 1.54) is 18.9 Å². The van der Waals surface area contributed by atoms with Gasteiger partial charge >= 0.3 is 5.97 Å². The number of carbonyl (C=O) groups is 2. The van der Waals surface area contributed by atoms with Crippen LogP contribution in [0.25, 0.3) is 0 Å². The van der Waals surface area contributed by atoms with Crippen LogP contribution >= 0.6 is 27.7 Å². The van der Waals surface area contributed by atoms with E-state index in [2.05, 4.69) is 26.0 Å². The lowest BCUT2D eigenvalue weighted by Crippen LogP contribution is -2.30. The standard InChI is InChI=1S/C18H18BrNO3S/c1-12(24-16-5-3-4-15(19)10-16)17(21)20-11-13-6-8-14(9-7-13)18(22)23-2/h3-10,12H,11H2,1-2H3,(H,20,21). The van der Waals surface area contributed by atoms with Gasteiger partial charge in [0, 0.05) is 15.9 Å². The molecule has 2 rings (SSSR count). The highest BCUT2D eigenvalue weighted by atomic mass is 79.9. The Morgan fingerprint density at radius 1 is 1.21 bits per heavy atom. The fraction of sp³-hybridized carbons (Fsp3) is 0.222. The minimum atomic E-state index is -0.371. The lowest BCUT2D eigenvalue weighted by molar-refractivity contribution is -0.120. The number of nitrogens with one attached hydrogen (secondary N) is 1. The van der Waals surface area contributed by atoms with Gasteiger partial charge in [0.2, 0.25) is 5.91 Å². The molecule has 24 heavy (non-hydrogen) atoms. The Morgan fingerprint density at radius 2 is 1.92 bits per heavy atom. The van der Waals surface area contributed by atoms with Gasteiger partial charge in [-0.3, -0.25) is 4.79 Å². The van der Waals surface area contributed by atoms with Crippen molar-refractivity contribution in [1.29, 1.82) is 0 Å². The molecular weight excluding hydrogens is 390 g/mol. The zero-order valence-electron chi connectivity index (χ0n) is 13.4. The third kappa shape index (κ3) is 5.39. The molecule has 1 N–H and O–H groups in total. The molecule has 6 heteroatoms. The monoisotopic (exact) mass is 407 g/mol. The van der Waals surface area contributed by atoms with Crippen molar-refractivity contribution in [3.8, 4) is 0 Å². The van der Waals surface area contributed by atoms with Crippen LogP contribution in [0, 0.1) is 0 Å².